The van der Waals surface area contributed by atoms with Crippen LogP contribution in [0.15, 0.2) is 18.2 Å². The van der Waals surface area contributed by atoms with Gasteiger partial charge in [0.05, 0.1) is 0 Å². The molecule has 2 aliphatic rings. The fraction of sp³-hybridized carbons (Fsp3) is 0.533. The Morgan fingerprint density at radius 1 is 1.30 bits per heavy atom. The number of carbonyl (C=O) groups excluding carboxylic acids is 1. The van der Waals surface area contributed by atoms with Crippen LogP contribution in [0.1, 0.15) is 30.7 Å². The van der Waals surface area contributed by atoms with Crippen LogP contribution in [-0.2, 0) is 4.79 Å². The zero-order chi connectivity index (χ0) is 14.3. The first-order chi connectivity index (χ1) is 9.56. The Bertz CT molecular complexity index is 535. The molecule has 3 unspecified atom stereocenters. The number of amides is 1. The minimum atomic E-state index is -0.848. The molecular weight excluding hydrogens is 262 g/mol. The van der Waals surface area contributed by atoms with Gasteiger partial charge in [0.25, 0.3) is 0 Å². The van der Waals surface area contributed by atoms with Crippen LogP contribution in [0.25, 0.3) is 0 Å². The largest absolute Gasteiger partial charge is 0.341 e. The van der Waals surface area contributed by atoms with E-state index in [9.17, 15) is 13.6 Å². The Morgan fingerprint density at radius 2 is 2.10 bits per heavy atom. The Labute approximate surface area is 116 Å². The van der Waals surface area contributed by atoms with Gasteiger partial charge in [0.2, 0.25) is 5.91 Å². The van der Waals surface area contributed by atoms with Gasteiger partial charge >= 0.3 is 0 Å². The van der Waals surface area contributed by atoms with E-state index in [-0.39, 0.29) is 23.8 Å². The first-order valence-electron chi connectivity index (χ1n) is 7.05. The molecule has 1 amide bonds. The summed E-state index contributed by atoms with van der Waals surface area (Å²) in [7, 11) is 0. The summed E-state index contributed by atoms with van der Waals surface area (Å²) >= 11 is 0. The van der Waals surface area contributed by atoms with Gasteiger partial charge in [0, 0.05) is 25.0 Å². The Hall–Kier alpha value is -1.49. The SMILES string of the molecule is NC1CCCN(C(=O)C2CC2c2ccc(F)c(F)c2)C1. The number of hydrogen-bond donors (Lipinski definition) is 1. The van der Waals surface area contributed by atoms with E-state index in [0.717, 1.165) is 31.9 Å². The highest BCUT2D eigenvalue weighted by Gasteiger charge is 2.46. The lowest BCUT2D eigenvalue weighted by atomic mass is 10.0. The summed E-state index contributed by atoms with van der Waals surface area (Å²) in [5.41, 5.74) is 6.59. The molecule has 2 N–H and O–H groups in total. The summed E-state index contributed by atoms with van der Waals surface area (Å²) in [6, 6.07) is 3.96. The van der Waals surface area contributed by atoms with Crippen molar-refractivity contribution in [3.05, 3.63) is 35.4 Å². The summed E-state index contributed by atoms with van der Waals surface area (Å²) < 4.78 is 26.1. The molecule has 3 rings (SSSR count). The predicted octanol–water partition coefficient (Wildman–Crippen LogP) is 2.02. The molecule has 1 aliphatic carbocycles. The molecule has 1 saturated carbocycles. The van der Waals surface area contributed by atoms with Crippen molar-refractivity contribution >= 4 is 5.91 Å². The van der Waals surface area contributed by atoms with Crippen molar-refractivity contribution in [2.45, 2.75) is 31.2 Å². The first kappa shape index (κ1) is 13.5. The van der Waals surface area contributed by atoms with E-state index in [2.05, 4.69) is 0 Å². The van der Waals surface area contributed by atoms with Crippen LogP contribution >= 0.6 is 0 Å². The van der Waals surface area contributed by atoms with Gasteiger partial charge < -0.3 is 10.6 Å². The number of likely N-dealkylation sites (tertiary alicyclic amines) is 1. The van der Waals surface area contributed by atoms with Gasteiger partial charge in [-0.05, 0) is 42.9 Å². The highest BCUT2D eigenvalue weighted by molar-refractivity contribution is 5.83. The fourth-order valence-corrected chi connectivity index (χ4v) is 3.02. The van der Waals surface area contributed by atoms with Crippen molar-refractivity contribution in [2.75, 3.05) is 13.1 Å². The van der Waals surface area contributed by atoms with Gasteiger partial charge in [0.15, 0.2) is 11.6 Å². The predicted molar refractivity (Wildman–Crippen MR) is 71.0 cm³/mol. The summed E-state index contributed by atoms with van der Waals surface area (Å²) in [6.07, 6.45) is 2.62. The molecule has 20 heavy (non-hydrogen) atoms. The second kappa shape index (κ2) is 5.13. The van der Waals surface area contributed by atoms with Crippen molar-refractivity contribution in [3.8, 4) is 0 Å². The van der Waals surface area contributed by atoms with Gasteiger partial charge in [-0.3, -0.25) is 4.79 Å². The third-order valence-corrected chi connectivity index (χ3v) is 4.25. The van der Waals surface area contributed by atoms with Crippen LogP contribution in [0.4, 0.5) is 8.78 Å². The lowest BCUT2D eigenvalue weighted by Crippen LogP contribution is -2.46. The summed E-state index contributed by atoms with van der Waals surface area (Å²) in [5, 5.41) is 0. The number of nitrogens with two attached hydrogens (primary N) is 1. The molecule has 108 valence electrons. The molecule has 1 saturated heterocycles. The van der Waals surface area contributed by atoms with Gasteiger partial charge in [-0.1, -0.05) is 6.07 Å². The number of halogens is 2. The van der Waals surface area contributed by atoms with E-state index in [4.69, 9.17) is 5.73 Å². The second-order valence-electron chi connectivity index (χ2n) is 5.81. The minimum absolute atomic E-state index is 0.0238. The molecular formula is C15H18F2N2O. The third-order valence-electron chi connectivity index (χ3n) is 4.25. The number of rotatable bonds is 2. The zero-order valence-corrected chi connectivity index (χ0v) is 11.2. The topological polar surface area (TPSA) is 46.3 Å². The van der Waals surface area contributed by atoms with Crippen LogP contribution in [-0.4, -0.2) is 29.9 Å². The minimum Gasteiger partial charge on any atom is -0.341 e. The number of carbonyl (C=O) groups is 1. The third kappa shape index (κ3) is 2.54. The van der Waals surface area contributed by atoms with Crippen molar-refractivity contribution in [1.82, 2.24) is 4.90 Å². The molecule has 5 heteroatoms. The van der Waals surface area contributed by atoms with Gasteiger partial charge in [0.1, 0.15) is 0 Å². The monoisotopic (exact) mass is 280 g/mol. The van der Waals surface area contributed by atoms with E-state index in [1.165, 1.54) is 6.07 Å². The standard InChI is InChI=1S/C15H18F2N2O/c16-13-4-3-9(6-14(13)17)11-7-12(11)15(20)19-5-1-2-10(18)8-19/h3-4,6,10-12H,1-2,5,7-8,18H2. The maximum Gasteiger partial charge on any atom is 0.226 e. The Kier molecular flexibility index (Phi) is 3.46. The molecule has 1 heterocycles. The van der Waals surface area contributed by atoms with Gasteiger partial charge in [-0.2, -0.15) is 0 Å². The smallest absolute Gasteiger partial charge is 0.226 e. The summed E-state index contributed by atoms with van der Waals surface area (Å²) in [5.74, 6) is -1.66. The van der Waals surface area contributed by atoms with E-state index < -0.39 is 11.6 Å². The fourth-order valence-electron chi connectivity index (χ4n) is 3.02. The molecule has 0 radical (unpaired) electrons. The molecule has 0 bridgehead atoms. The van der Waals surface area contributed by atoms with Crippen LogP contribution in [0.2, 0.25) is 0 Å². The number of nitrogens with zero attached hydrogens (tertiary/aromatic N) is 1. The quantitative estimate of drug-likeness (QED) is 0.901. The maximum absolute atomic E-state index is 13.2. The van der Waals surface area contributed by atoms with Crippen molar-refractivity contribution < 1.29 is 13.6 Å². The van der Waals surface area contributed by atoms with Crippen molar-refractivity contribution in [2.24, 2.45) is 11.7 Å². The summed E-state index contributed by atoms with van der Waals surface area (Å²) in [4.78, 5) is 14.2. The molecule has 1 aromatic carbocycles. The molecule has 2 fully saturated rings. The average molecular weight is 280 g/mol. The van der Waals surface area contributed by atoms with Crippen molar-refractivity contribution in [3.63, 3.8) is 0 Å². The molecule has 3 atom stereocenters. The van der Waals surface area contributed by atoms with Gasteiger partial charge in [-0.15, -0.1) is 0 Å². The highest BCUT2D eigenvalue weighted by Crippen LogP contribution is 2.48. The number of benzene rings is 1. The summed E-state index contributed by atoms with van der Waals surface area (Å²) in [6.45, 7) is 1.37. The number of piperidine rings is 1. The van der Waals surface area contributed by atoms with Crippen LogP contribution in [0, 0.1) is 17.6 Å². The van der Waals surface area contributed by atoms with E-state index >= 15 is 0 Å². The van der Waals surface area contributed by atoms with Crippen LogP contribution < -0.4 is 5.73 Å². The maximum atomic E-state index is 13.2. The lowest BCUT2D eigenvalue weighted by Gasteiger charge is -2.31. The van der Waals surface area contributed by atoms with E-state index in [1.807, 2.05) is 4.90 Å². The van der Waals surface area contributed by atoms with E-state index in [0.29, 0.717) is 12.1 Å². The molecule has 1 aromatic rings. The number of hydrogen-bond acceptors (Lipinski definition) is 2. The lowest BCUT2D eigenvalue weighted by molar-refractivity contribution is -0.133. The molecule has 1 aliphatic heterocycles. The Balaban J connectivity index is 1.66. The zero-order valence-electron chi connectivity index (χ0n) is 11.2. The second-order valence-corrected chi connectivity index (χ2v) is 5.81. The normalized spacial score (nSPS) is 29.4. The van der Waals surface area contributed by atoms with Crippen molar-refractivity contribution in [1.29, 1.82) is 0 Å². The molecule has 0 spiro atoms. The average Bonchev–Trinajstić information content (AvgIpc) is 3.21. The van der Waals surface area contributed by atoms with Crippen LogP contribution in [0.5, 0.6) is 0 Å². The highest BCUT2D eigenvalue weighted by atomic mass is 19.2. The molecule has 0 aromatic heterocycles. The first-order valence-corrected chi connectivity index (χ1v) is 7.05. The molecule has 3 nitrogen and oxygen atoms in total. The Morgan fingerprint density at radius 3 is 2.80 bits per heavy atom. The van der Waals surface area contributed by atoms with E-state index in [1.54, 1.807) is 6.07 Å². The van der Waals surface area contributed by atoms with Gasteiger partial charge in [-0.25, -0.2) is 8.78 Å². The van der Waals surface area contributed by atoms with Crippen LogP contribution in [0.3, 0.4) is 0 Å².